The average molecular weight is 372 g/mol. The van der Waals surface area contributed by atoms with Crippen molar-refractivity contribution in [2.45, 2.75) is 49.8 Å². The SMILES string of the molecule is NCCCCC(N)C(=O)OCC1OC(n2cnc(C(N)=O)n2)C(O)C1O. The van der Waals surface area contributed by atoms with E-state index in [0.717, 1.165) is 17.4 Å². The fourth-order valence-electron chi connectivity index (χ4n) is 2.49. The second kappa shape index (κ2) is 9.00. The Labute approximate surface area is 149 Å². The van der Waals surface area contributed by atoms with Gasteiger partial charge in [-0.25, -0.2) is 9.67 Å². The number of esters is 1. The number of carbonyl (C=O) groups is 2. The quantitative estimate of drug-likeness (QED) is 0.219. The van der Waals surface area contributed by atoms with Crippen LogP contribution in [0.1, 0.15) is 36.1 Å². The maximum atomic E-state index is 11.9. The summed E-state index contributed by atoms with van der Waals surface area (Å²) in [5.41, 5.74) is 16.2. The number of nitrogens with zero attached hydrogens (tertiary/aromatic N) is 3. The lowest BCUT2D eigenvalue weighted by Gasteiger charge is -2.16. The van der Waals surface area contributed by atoms with Crippen LogP contribution in [0, 0.1) is 0 Å². The second-order valence-electron chi connectivity index (χ2n) is 5.98. The van der Waals surface area contributed by atoms with Crippen molar-refractivity contribution >= 4 is 11.9 Å². The number of aliphatic hydroxyl groups excluding tert-OH is 2. The van der Waals surface area contributed by atoms with Crippen LogP contribution in [0.3, 0.4) is 0 Å². The molecule has 1 aliphatic rings. The molecule has 5 atom stereocenters. The highest BCUT2D eigenvalue weighted by Gasteiger charge is 2.45. The molecule has 0 saturated carbocycles. The zero-order valence-electron chi connectivity index (χ0n) is 14.1. The third kappa shape index (κ3) is 4.74. The summed E-state index contributed by atoms with van der Waals surface area (Å²) in [4.78, 5) is 26.6. The molecule has 5 unspecified atom stereocenters. The van der Waals surface area contributed by atoms with Gasteiger partial charge in [0.1, 0.15) is 37.3 Å². The fraction of sp³-hybridized carbons (Fsp3) is 0.714. The van der Waals surface area contributed by atoms with E-state index in [0.29, 0.717) is 19.4 Å². The number of aromatic nitrogens is 3. The molecule has 0 spiro atoms. The summed E-state index contributed by atoms with van der Waals surface area (Å²) in [5.74, 6) is -1.73. The van der Waals surface area contributed by atoms with Gasteiger partial charge in [0.05, 0.1) is 0 Å². The summed E-state index contributed by atoms with van der Waals surface area (Å²) in [6.45, 7) is 0.221. The monoisotopic (exact) mass is 372 g/mol. The predicted octanol–water partition coefficient (Wildman–Crippen LogP) is -3.00. The Morgan fingerprint density at radius 1 is 1.35 bits per heavy atom. The molecule has 2 rings (SSSR count). The number of primary amides is 1. The van der Waals surface area contributed by atoms with Crippen LogP contribution in [0.25, 0.3) is 0 Å². The van der Waals surface area contributed by atoms with Crippen molar-refractivity contribution < 1.29 is 29.3 Å². The van der Waals surface area contributed by atoms with Crippen molar-refractivity contribution in [3.8, 4) is 0 Å². The van der Waals surface area contributed by atoms with Gasteiger partial charge in [0, 0.05) is 0 Å². The van der Waals surface area contributed by atoms with Crippen molar-refractivity contribution in [1.82, 2.24) is 14.8 Å². The number of hydrogen-bond acceptors (Lipinski definition) is 10. The van der Waals surface area contributed by atoms with Crippen molar-refractivity contribution in [2.24, 2.45) is 17.2 Å². The van der Waals surface area contributed by atoms with Gasteiger partial charge < -0.3 is 36.9 Å². The number of unbranched alkanes of at least 4 members (excludes halogenated alkanes) is 1. The minimum atomic E-state index is -1.36. The maximum Gasteiger partial charge on any atom is 0.323 e. The molecular weight excluding hydrogens is 348 g/mol. The fourth-order valence-corrected chi connectivity index (χ4v) is 2.49. The van der Waals surface area contributed by atoms with Crippen LogP contribution in [0.15, 0.2) is 6.33 Å². The van der Waals surface area contributed by atoms with Crippen molar-refractivity contribution in [3.63, 3.8) is 0 Å². The van der Waals surface area contributed by atoms with E-state index in [1.165, 1.54) is 0 Å². The molecule has 0 aromatic carbocycles. The van der Waals surface area contributed by atoms with E-state index in [9.17, 15) is 19.8 Å². The van der Waals surface area contributed by atoms with E-state index < -0.39 is 42.5 Å². The molecule has 1 aromatic rings. The van der Waals surface area contributed by atoms with Crippen LogP contribution in [0.5, 0.6) is 0 Å². The standard InChI is InChI=1S/C14H24N6O6/c15-4-2-1-3-7(16)14(24)25-5-8-9(21)10(22)13(26-8)20-6-18-12(19-20)11(17)23/h6-10,13,21-22H,1-5,15-16H2,(H2,17,23). The van der Waals surface area contributed by atoms with Gasteiger partial charge in [-0.2, -0.15) is 0 Å². The van der Waals surface area contributed by atoms with Gasteiger partial charge in [0.2, 0.25) is 5.82 Å². The summed E-state index contributed by atoms with van der Waals surface area (Å²) in [7, 11) is 0. The highest BCUT2D eigenvalue weighted by Crippen LogP contribution is 2.29. The topological polar surface area (TPSA) is 202 Å². The lowest BCUT2D eigenvalue weighted by molar-refractivity contribution is -0.152. The Morgan fingerprint density at radius 2 is 2.08 bits per heavy atom. The van der Waals surface area contributed by atoms with Crippen LogP contribution in [0.2, 0.25) is 0 Å². The lowest BCUT2D eigenvalue weighted by Crippen LogP contribution is -2.38. The van der Waals surface area contributed by atoms with E-state index in [4.69, 9.17) is 26.7 Å². The molecule has 2 heterocycles. The smallest absolute Gasteiger partial charge is 0.323 e. The first kappa shape index (κ1) is 20.2. The summed E-state index contributed by atoms with van der Waals surface area (Å²) in [6.07, 6.45) is -1.76. The van der Waals surface area contributed by atoms with Gasteiger partial charge in [-0.15, -0.1) is 5.10 Å². The second-order valence-corrected chi connectivity index (χ2v) is 5.98. The van der Waals surface area contributed by atoms with Crippen molar-refractivity contribution in [1.29, 1.82) is 0 Å². The van der Waals surface area contributed by atoms with Gasteiger partial charge in [-0.05, 0) is 19.4 Å². The first-order valence-corrected chi connectivity index (χ1v) is 8.20. The Morgan fingerprint density at radius 3 is 2.69 bits per heavy atom. The number of ether oxygens (including phenoxy) is 2. The van der Waals surface area contributed by atoms with E-state index in [1.54, 1.807) is 0 Å². The van der Waals surface area contributed by atoms with Gasteiger partial charge in [-0.3, -0.25) is 9.59 Å². The highest BCUT2D eigenvalue weighted by atomic mass is 16.6. The molecule has 1 aromatic heterocycles. The minimum Gasteiger partial charge on any atom is -0.462 e. The molecule has 146 valence electrons. The van der Waals surface area contributed by atoms with E-state index >= 15 is 0 Å². The highest BCUT2D eigenvalue weighted by molar-refractivity contribution is 5.88. The number of hydrogen-bond donors (Lipinski definition) is 5. The van der Waals surface area contributed by atoms with Crippen molar-refractivity contribution in [2.75, 3.05) is 13.2 Å². The van der Waals surface area contributed by atoms with E-state index in [1.807, 2.05) is 0 Å². The summed E-state index contributed by atoms with van der Waals surface area (Å²) in [5, 5.41) is 23.9. The number of carbonyl (C=O) groups excluding carboxylic acids is 2. The van der Waals surface area contributed by atoms with Crippen LogP contribution in [-0.2, 0) is 14.3 Å². The number of rotatable bonds is 9. The summed E-state index contributed by atoms with van der Waals surface area (Å²) in [6, 6.07) is -0.797. The Hall–Kier alpha value is -2.12. The van der Waals surface area contributed by atoms with Gasteiger partial charge in [0.15, 0.2) is 6.23 Å². The molecule has 1 aliphatic heterocycles. The largest absolute Gasteiger partial charge is 0.462 e. The van der Waals surface area contributed by atoms with Gasteiger partial charge >= 0.3 is 5.97 Å². The number of amides is 1. The third-order valence-electron chi connectivity index (χ3n) is 3.99. The molecule has 8 N–H and O–H groups in total. The molecule has 12 heteroatoms. The normalized spacial score (nSPS) is 26.6. The van der Waals surface area contributed by atoms with Crippen LogP contribution in [-0.4, -0.2) is 74.4 Å². The first-order chi connectivity index (χ1) is 12.3. The van der Waals surface area contributed by atoms with Crippen LogP contribution in [0.4, 0.5) is 0 Å². The molecule has 1 amide bonds. The molecule has 0 radical (unpaired) electrons. The number of aliphatic hydroxyl groups is 2. The summed E-state index contributed by atoms with van der Waals surface area (Å²) < 4.78 is 11.6. The Balaban J connectivity index is 1.88. The van der Waals surface area contributed by atoms with E-state index in [2.05, 4.69) is 10.1 Å². The first-order valence-electron chi connectivity index (χ1n) is 8.20. The molecule has 0 bridgehead atoms. The minimum absolute atomic E-state index is 0.256. The molecule has 1 saturated heterocycles. The lowest BCUT2D eigenvalue weighted by atomic mass is 10.1. The number of nitrogens with two attached hydrogens (primary N) is 3. The zero-order valence-corrected chi connectivity index (χ0v) is 14.1. The molecule has 1 fully saturated rings. The molecule has 0 aliphatic carbocycles. The van der Waals surface area contributed by atoms with Gasteiger partial charge in [0.25, 0.3) is 5.91 Å². The van der Waals surface area contributed by atoms with E-state index in [-0.39, 0.29) is 12.4 Å². The van der Waals surface area contributed by atoms with Crippen LogP contribution < -0.4 is 17.2 Å². The predicted molar refractivity (Wildman–Crippen MR) is 86.3 cm³/mol. The van der Waals surface area contributed by atoms with Crippen LogP contribution >= 0.6 is 0 Å². The Kier molecular flexibility index (Phi) is 6.99. The summed E-state index contributed by atoms with van der Waals surface area (Å²) >= 11 is 0. The molecular formula is C14H24N6O6. The zero-order chi connectivity index (χ0) is 19.3. The maximum absolute atomic E-state index is 11.9. The Bertz CT molecular complexity index is 625. The van der Waals surface area contributed by atoms with Gasteiger partial charge in [-0.1, -0.05) is 6.42 Å². The molecule has 26 heavy (non-hydrogen) atoms. The average Bonchev–Trinajstić information content (AvgIpc) is 3.20. The van der Waals surface area contributed by atoms with Crippen molar-refractivity contribution in [3.05, 3.63) is 12.2 Å². The molecule has 12 nitrogen and oxygen atoms in total. The third-order valence-corrected chi connectivity index (χ3v) is 3.99.